The first-order chi connectivity index (χ1) is 17.5. The second kappa shape index (κ2) is 7.45. The van der Waals surface area contributed by atoms with Gasteiger partial charge in [0.1, 0.15) is 11.5 Å². The Bertz CT molecular complexity index is 1410. The van der Waals surface area contributed by atoms with Crippen LogP contribution in [-0.2, 0) is 9.59 Å². The Morgan fingerprint density at radius 3 is 2.00 bits per heavy atom. The summed E-state index contributed by atoms with van der Waals surface area (Å²) in [4.78, 5) is 58.5. The number of carbonyl (C=O) groups is 4. The molecule has 0 saturated carbocycles. The summed E-state index contributed by atoms with van der Waals surface area (Å²) in [6.45, 7) is 0.523. The molecule has 7 nitrogen and oxygen atoms in total. The van der Waals surface area contributed by atoms with Crippen molar-refractivity contribution in [3.8, 4) is 11.5 Å². The zero-order valence-electron chi connectivity index (χ0n) is 19.3. The molecule has 0 bridgehead atoms. The first-order valence-electron chi connectivity index (χ1n) is 12.2. The van der Waals surface area contributed by atoms with Crippen LogP contribution in [0.15, 0.2) is 78.9 Å². The number of hydrogen-bond acceptors (Lipinski definition) is 6. The smallest absolute Gasteiger partial charge is 0.240 e. The van der Waals surface area contributed by atoms with Crippen LogP contribution in [0.2, 0.25) is 0 Å². The van der Waals surface area contributed by atoms with Crippen LogP contribution in [-0.4, -0.2) is 46.4 Å². The van der Waals surface area contributed by atoms with Gasteiger partial charge in [-0.1, -0.05) is 42.5 Å². The number of ether oxygens (including phenoxy) is 1. The van der Waals surface area contributed by atoms with E-state index in [1.807, 2.05) is 35.2 Å². The number of rotatable bonds is 3. The number of para-hydroxylation sites is 1. The van der Waals surface area contributed by atoms with Crippen molar-refractivity contribution in [2.45, 2.75) is 24.4 Å². The normalized spacial score (nSPS) is 26.0. The van der Waals surface area contributed by atoms with Crippen molar-refractivity contribution in [2.24, 2.45) is 11.8 Å². The van der Waals surface area contributed by atoms with Gasteiger partial charge < -0.3 is 4.74 Å². The molecule has 178 valence electrons. The molecule has 3 fully saturated rings. The van der Waals surface area contributed by atoms with E-state index in [4.69, 9.17) is 4.74 Å². The number of amides is 2. The van der Waals surface area contributed by atoms with E-state index in [1.54, 1.807) is 48.5 Å². The fourth-order valence-corrected chi connectivity index (χ4v) is 6.78. The van der Waals surface area contributed by atoms with Crippen molar-refractivity contribution in [2.75, 3.05) is 11.4 Å². The van der Waals surface area contributed by atoms with Gasteiger partial charge >= 0.3 is 0 Å². The van der Waals surface area contributed by atoms with Crippen LogP contribution >= 0.6 is 0 Å². The van der Waals surface area contributed by atoms with Crippen molar-refractivity contribution in [1.29, 1.82) is 0 Å². The zero-order valence-corrected chi connectivity index (χ0v) is 19.3. The van der Waals surface area contributed by atoms with E-state index in [2.05, 4.69) is 0 Å². The number of imide groups is 1. The van der Waals surface area contributed by atoms with Crippen LogP contribution in [0.3, 0.4) is 0 Å². The number of Topliss-reactive ketones (excluding diaryl/α,β-unsaturated/α-hetero) is 2. The summed E-state index contributed by atoms with van der Waals surface area (Å²) >= 11 is 0. The first kappa shape index (κ1) is 21.2. The minimum Gasteiger partial charge on any atom is -0.457 e. The SMILES string of the molecule is O=C1[C@@H]2[C@H]3CCCN3C3(C(=O)c4ccccc4C3=O)[C@@H]2C(=O)N1c1ccc(Oc2ccccc2)cc1. The number of anilines is 1. The maximum absolute atomic E-state index is 14.0. The first-order valence-corrected chi connectivity index (χ1v) is 12.2. The number of nitrogens with zero attached hydrogens (tertiary/aromatic N) is 2. The van der Waals surface area contributed by atoms with Gasteiger partial charge in [0, 0.05) is 17.2 Å². The predicted octanol–water partition coefficient (Wildman–Crippen LogP) is 3.88. The number of benzene rings is 3. The lowest BCUT2D eigenvalue weighted by molar-refractivity contribution is -0.124. The molecule has 0 unspecified atom stereocenters. The Hall–Kier alpha value is -4.10. The van der Waals surface area contributed by atoms with Gasteiger partial charge in [-0.05, 0) is 55.8 Å². The van der Waals surface area contributed by atoms with Crippen LogP contribution in [0.1, 0.15) is 33.6 Å². The maximum Gasteiger partial charge on any atom is 0.240 e. The molecule has 1 aliphatic carbocycles. The molecule has 2 amide bonds. The van der Waals surface area contributed by atoms with E-state index in [0.717, 1.165) is 6.42 Å². The topological polar surface area (TPSA) is 84.0 Å². The highest BCUT2D eigenvalue weighted by molar-refractivity contribution is 6.37. The van der Waals surface area contributed by atoms with Crippen molar-refractivity contribution >= 4 is 29.1 Å². The van der Waals surface area contributed by atoms with Crippen LogP contribution in [0.4, 0.5) is 5.69 Å². The summed E-state index contributed by atoms with van der Waals surface area (Å²) in [7, 11) is 0. The standard InChI is InChI=1S/C29H22N2O5/c32-25-20-9-4-5-10-21(20)26(33)29(25)24-23(22-11-6-16-30(22)29)27(34)31(28(24)35)17-12-14-19(15-13-17)36-18-7-2-1-3-8-18/h1-5,7-10,12-15,22-24H,6,11,16H2/t22-,23-,24+/m1/s1. The molecule has 0 radical (unpaired) electrons. The fraction of sp³-hybridized carbons (Fsp3) is 0.241. The lowest BCUT2D eigenvalue weighted by Crippen LogP contribution is -2.59. The van der Waals surface area contributed by atoms with E-state index in [-0.39, 0.29) is 23.5 Å². The lowest BCUT2D eigenvalue weighted by Gasteiger charge is -2.35. The summed E-state index contributed by atoms with van der Waals surface area (Å²) in [5, 5.41) is 0. The lowest BCUT2D eigenvalue weighted by atomic mass is 9.76. The van der Waals surface area contributed by atoms with E-state index < -0.39 is 23.3 Å². The molecule has 3 aromatic carbocycles. The molecule has 1 spiro atoms. The van der Waals surface area contributed by atoms with Gasteiger partial charge in [-0.2, -0.15) is 0 Å². The Balaban J connectivity index is 1.27. The maximum atomic E-state index is 14.0. The van der Waals surface area contributed by atoms with E-state index >= 15 is 0 Å². The second-order valence-corrected chi connectivity index (χ2v) is 9.80. The summed E-state index contributed by atoms with van der Waals surface area (Å²) in [5.74, 6) is -2.02. The molecule has 0 aromatic heterocycles. The highest BCUT2D eigenvalue weighted by Crippen LogP contribution is 2.57. The van der Waals surface area contributed by atoms with Gasteiger partial charge in [0.25, 0.3) is 0 Å². The quantitative estimate of drug-likeness (QED) is 0.420. The number of hydrogen-bond donors (Lipinski definition) is 0. The fourth-order valence-electron chi connectivity index (χ4n) is 6.78. The Morgan fingerprint density at radius 1 is 0.722 bits per heavy atom. The van der Waals surface area contributed by atoms with Gasteiger partial charge in [-0.25, -0.2) is 4.90 Å². The highest BCUT2D eigenvalue weighted by Gasteiger charge is 2.76. The molecule has 3 atom stereocenters. The van der Waals surface area contributed by atoms with Gasteiger partial charge in [0.05, 0.1) is 17.5 Å². The molecule has 3 heterocycles. The molecule has 3 aromatic rings. The summed E-state index contributed by atoms with van der Waals surface area (Å²) in [5.41, 5.74) is -0.535. The molecular formula is C29H22N2O5. The van der Waals surface area contributed by atoms with Crippen LogP contribution in [0.25, 0.3) is 0 Å². The minimum atomic E-state index is -1.63. The molecule has 3 saturated heterocycles. The van der Waals surface area contributed by atoms with Gasteiger partial charge in [-0.15, -0.1) is 0 Å². The van der Waals surface area contributed by atoms with Crippen LogP contribution in [0.5, 0.6) is 11.5 Å². The molecule has 7 heteroatoms. The predicted molar refractivity (Wildman–Crippen MR) is 130 cm³/mol. The number of ketones is 2. The molecule has 7 rings (SSSR count). The molecule has 3 aliphatic heterocycles. The monoisotopic (exact) mass is 478 g/mol. The van der Waals surface area contributed by atoms with Crippen molar-refractivity contribution in [3.63, 3.8) is 0 Å². The molecule has 36 heavy (non-hydrogen) atoms. The molecule has 0 N–H and O–H groups in total. The average Bonchev–Trinajstić information content (AvgIpc) is 3.60. The summed E-state index contributed by atoms with van der Waals surface area (Å²) in [6.07, 6.45) is 1.45. The van der Waals surface area contributed by atoms with E-state index in [1.165, 1.54) is 4.90 Å². The third-order valence-electron chi connectivity index (χ3n) is 8.15. The van der Waals surface area contributed by atoms with Gasteiger partial charge in [0.15, 0.2) is 17.1 Å². The number of fused-ring (bicyclic) bond motifs is 6. The Labute approximate surface area is 207 Å². The van der Waals surface area contributed by atoms with Gasteiger partial charge in [0.2, 0.25) is 11.8 Å². The van der Waals surface area contributed by atoms with E-state index in [0.29, 0.717) is 41.3 Å². The molecule has 4 aliphatic rings. The van der Waals surface area contributed by atoms with E-state index in [9.17, 15) is 19.2 Å². The van der Waals surface area contributed by atoms with Crippen molar-refractivity contribution < 1.29 is 23.9 Å². The second-order valence-electron chi connectivity index (χ2n) is 9.80. The largest absolute Gasteiger partial charge is 0.457 e. The van der Waals surface area contributed by atoms with Crippen LogP contribution < -0.4 is 9.64 Å². The summed E-state index contributed by atoms with van der Waals surface area (Å²) < 4.78 is 5.84. The Morgan fingerprint density at radius 2 is 1.33 bits per heavy atom. The minimum absolute atomic E-state index is 0.306. The highest BCUT2D eigenvalue weighted by atomic mass is 16.5. The number of carbonyl (C=O) groups excluding carboxylic acids is 4. The zero-order chi connectivity index (χ0) is 24.6. The Kier molecular flexibility index (Phi) is 4.39. The van der Waals surface area contributed by atoms with Crippen molar-refractivity contribution in [1.82, 2.24) is 4.90 Å². The molecular weight excluding hydrogens is 456 g/mol. The average molecular weight is 479 g/mol. The summed E-state index contributed by atoms with van der Waals surface area (Å²) in [6, 6.07) is 22.5. The third kappa shape index (κ3) is 2.55. The van der Waals surface area contributed by atoms with Crippen LogP contribution in [0, 0.1) is 11.8 Å². The third-order valence-corrected chi connectivity index (χ3v) is 8.15. The van der Waals surface area contributed by atoms with Crippen molar-refractivity contribution in [3.05, 3.63) is 90.0 Å². The van der Waals surface area contributed by atoms with Gasteiger partial charge in [-0.3, -0.25) is 24.1 Å².